The number of carbonyl (C=O) groups is 1. The van der Waals surface area contributed by atoms with Crippen LogP contribution in [-0.4, -0.2) is 56.0 Å². The maximum atomic E-state index is 13.1. The second kappa shape index (κ2) is 7.74. The molecule has 0 bridgehead atoms. The zero-order valence-electron chi connectivity index (χ0n) is 18.5. The lowest BCUT2D eigenvalue weighted by Crippen LogP contribution is -2.59. The Balaban J connectivity index is 1.36. The molecule has 1 spiro atoms. The van der Waals surface area contributed by atoms with E-state index in [4.69, 9.17) is 4.99 Å². The van der Waals surface area contributed by atoms with Crippen LogP contribution >= 0.6 is 11.3 Å². The number of aliphatic imine (C=N–C) groups is 1. The predicted molar refractivity (Wildman–Crippen MR) is 128 cm³/mol. The van der Waals surface area contributed by atoms with Crippen molar-refractivity contribution < 1.29 is 4.79 Å². The number of amidine groups is 1. The van der Waals surface area contributed by atoms with E-state index in [-0.39, 0.29) is 17.0 Å². The predicted octanol–water partition coefficient (Wildman–Crippen LogP) is 4.24. The van der Waals surface area contributed by atoms with Gasteiger partial charge in [0.2, 0.25) is 0 Å². The van der Waals surface area contributed by atoms with Gasteiger partial charge in [-0.15, -0.1) is 11.3 Å². The molecule has 5 rings (SSSR count). The first-order chi connectivity index (χ1) is 15.3. The van der Waals surface area contributed by atoms with Crippen molar-refractivity contribution >= 4 is 34.6 Å². The van der Waals surface area contributed by atoms with Crippen LogP contribution in [0.2, 0.25) is 0 Å². The summed E-state index contributed by atoms with van der Waals surface area (Å²) in [5, 5.41) is 16.4. The van der Waals surface area contributed by atoms with E-state index in [2.05, 4.69) is 46.6 Å². The summed E-state index contributed by atoms with van der Waals surface area (Å²) < 4.78 is 0. The molecule has 0 aliphatic carbocycles. The number of carbonyl (C=O) groups excluding carboxylic acids is 1. The largest absolute Gasteiger partial charge is 0.370 e. The van der Waals surface area contributed by atoms with Crippen LogP contribution in [0.1, 0.15) is 44.1 Å². The lowest BCUT2D eigenvalue weighted by molar-refractivity contribution is 0.0698. The van der Waals surface area contributed by atoms with Gasteiger partial charge in [0.25, 0.3) is 5.91 Å². The molecule has 0 radical (unpaired) electrons. The quantitative estimate of drug-likeness (QED) is 0.543. The molecule has 1 amide bonds. The van der Waals surface area contributed by atoms with Gasteiger partial charge in [-0.3, -0.25) is 14.9 Å². The number of aromatic amines is 1. The summed E-state index contributed by atoms with van der Waals surface area (Å²) in [6.45, 7) is 7.50. The number of H-pyrrole nitrogens is 1. The molecular formula is C23H27N7OS. The van der Waals surface area contributed by atoms with E-state index in [1.807, 2.05) is 40.6 Å². The molecule has 9 heteroatoms. The van der Waals surface area contributed by atoms with Gasteiger partial charge in [0.05, 0.1) is 27.3 Å². The van der Waals surface area contributed by atoms with Crippen molar-refractivity contribution in [2.24, 2.45) is 4.99 Å². The van der Waals surface area contributed by atoms with E-state index in [0.717, 1.165) is 40.8 Å². The van der Waals surface area contributed by atoms with Crippen LogP contribution in [0.5, 0.6) is 0 Å². The Morgan fingerprint density at radius 1 is 1.22 bits per heavy atom. The minimum absolute atomic E-state index is 0.0425. The molecule has 3 aromatic heterocycles. The summed E-state index contributed by atoms with van der Waals surface area (Å²) in [6, 6.07) is 9.80. The van der Waals surface area contributed by atoms with Gasteiger partial charge in [-0.05, 0) is 63.3 Å². The second-order valence-electron chi connectivity index (χ2n) is 9.30. The van der Waals surface area contributed by atoms with Crippen molar-refractivity contribution in [3.8, 4) is 10.6 Å². The number of amides is 1. The Hall–Kier alpha value is -3.20. The number of hydrogen-bond donors (Lipinski definition) is 3. The molecule has 0 atom stereocenters. The van der Waals surface area contributed by atoms with Crippen molar-refractivity contribution in [2.75, 3.05) is 23.7 Å². The van der Waals surface area contributed by atoms with Crippen LogP contribution in [-0.2, 0) is 0 Å². The highest BCUT2D eigenvalue weighted by molar-refractivity contribution is 7.13. The summed E-state index contributed by atoms with van der Waals surface area (Å²) >= 11 is 1.62. The summed E-state index contributed by atoms with van der Waals surface area (Å²) in [5.41, 5.74) is 1.71. The molecule has 3 aromatic rings. The summed E-state index contributed by atoms with van der Waals surface area (Å²) in [4.78, 5) is 25.5. The van der Waals surface area contributed by atoms with Crippen LogP contribution in [0.3, 0.4) is 0 Å². The molecule has 166 valence electrons. The highest BCUT2D eigenvalue weighted by atomic mass is 32.1. The molecule has 1 saturated heterocycles. The van der Waals surface area contributed by atoms with Crippen molar-refractivity contribution in [1.29, 1.82) is 0 Å². The summed E-state index contributed by atoms with van der Waals surface area (Å²) in [6.07, 6.45) is 3.27. The van der Waals surface area contributed by atoms with Crippen molar-refractivity contribution in [3.05, 3.63) is 47.6 Å². The Kier molecular flexibility index (Phi) is 5.00. The van der Waals surface area contributed by atoms with Gasteiger partial charge in [-0.1, -0.05) is 6.07 Å². The average Bonchev–Trinajstić information content (AvgIpc) is 3.45. The SMILES string of the molecule is CC(C)(C)N=C1Nc2ncccc2NC12CCN(C(=O)c1cc(-c3cccs3)[nH]n1)CC2. The van der Waals surface area contributed by atoms with Crippen LogP contribution in [0.4, 0.5) is 11.5 Å². The third-order valence-electron chi connectivity index (χ3n) is 5.81. The standard InChI is InChI=1S/C23H27N7OS/c1-22(2,3)27-21-23(26-15-6-4-10-24-19(15)25-21)8-11-30(12-9-23)20(31)17-14-16(28-29-17)18-7-5-13-32-18/h4-7,10,13-14,26H,8-9,11-12H2,1-3H3,(H,28,29)(H,24,25,27). The highest BCUT2D eigenvalue weighted by Gasteiger charge is 2.44. The van der Waals surface area contributed by atoms with E-state index in [1.165, 1.54) is 0 Å². The maximum absolute atomic E-state index is 13.1. The minimum Gasteiger partial charge on any atom is -0.370 e. The van der Waals surface area contributed by atoms with E-state index in [1.54, 1.807) is 17.5 Å². The number of thiophene rings is 1. The third-order valence-corrected chi connectivity index (χ3v) is 6.71. The van der Waals surface area contributed by atoms with Crippen LogP contribution in [0.15, 0.2) is 46.9 Å². The molecule has 0 saturated carbocycles. The fourth-order valence-corrected chi connectivity index (χ4v) is 4.92. The van der Waals surface area contributed by atoms with Gasteiger partial charge in [0.15, 0.2) is 11.5 Å². The van der Waals surface area contributed by atoms with Gasteiger partial charge < -0.3 is 15.5 Å². The van der Waals surface area contributed by atoms with Gasteiger partial charge >= 0.3 is 0 Å². The number of aromatic nitrogens is 3. The van der Waals surface area contributed by atoms with Crippen molar-refractivity contribution in [3.63, 3.8) is 0 Å². The topological polar surface area (TPSA) is 98.3 Å². The summed E-state index contributed by atoms with van der Waals surface area (Å²) in [7, 11) is 0. The fraction of sp³-hybridized carbons (Fsp3) is 0.391. The zero-order valence-corrected chi connectivity index (χ0v) is 19.3. The Morgan fingerprint density at radius 2 is 2.03 bits per heavy atom. The third kappa shape index (κ3) is 3.88. The average molecular weight is 450 g/mol. The first-order valence-corrected chi connectivity index (χ1v) is 11.7. The number of pyridine rings is 1. The van der Waals surface area contributed by atoms with Crippen LogP contribution < -0.4 is 10.6 Å². The highest BCUT2D eigenvalue weighted by Crippen LogP contribution is 2.37. The number of likely N-dealkylation sites (tertiary alicyclic amines) is 1. The normalized spacial score (nSPS) is 18.8. The molecular weight excluding hydrogens is 422 g/mol. The fourth-order valence-electron chi connectivity index (χ4n) is 4.23. The molecule has 2 aliphatic rings. The first-order valence-electron chi connectivity index (χ1n) is 10.8. The lowest BCUT2D eigenvalue weighted by atomic mass is 9.83. The van der Waals surface area contributed by atoms with E-state index < -0.39 is 0 Å². The Morgan fingerprint density at radius 3 is 2.75 bits per heavy atom. The van der Waals surface area contributed by atoms with Gasteiger partial charge in [0, 0.05) is 19.3 Å². The summed E-state index contributed by atoms with van der Waals surface area (Å²) in [5.74, 6) is 1.64. The number of piperidine rings is 1. The van der Waals surface area contributed by atoms with Crippen molar-refractivity contribution in [1.82, 2.24) is 20.1 Å². The Labute approximate surface area is 191 Å². The zero-order chi connectivity index (χ0) is 22.3. The van der Waals surface area contributed by atoms with E-state index in [9.17, 15) is 4.79 Å². The minimum atomic E-state index is -0.353. The van der Waals surface area contributed by atoms with Crippen LogP contribution in [0.25, 0.3) is 10.6 Å². The molecule has 2 aliphatic heterocycles. The van der Waals surface area contributed by atoms with E-state index >= 15 is 0 Å². The molecule has 0 aromatic carbocycles. The lowest BCUT2D eigenvalue weighted by Gasteiger charge is -2.46. The number of nitrogens with zero attached hydrogens (tertiary/aromatic N) is 4. The number of fused-ring (bicyclic) bond motifs is 1. The maximum Gasteiger partial charge on any atom is 0.274 e. The molecule has 3 N–H and O–H groups in total. The molecule has 1 fully saturated rings. The van der Waals surface area contributed by atoms with Gasteiger partial charge in [-0.25, -0.2) is 4.98 Å². The number of nitrogens with one attached hydrogen (secondary N) is 3. The number of anilines is 2. The van der Waals surface area contributed by atoms with Gasteiger partial charge in [-0.2, -0.15) is 5.10 Å². The second-order valence-corrected chi connectivity index (χ2v) is 10.2. The van der Waals surface area contributed by atoms with Crippen molar-refractivity contribution in [2.45, 2.75) is 44.7 Å². The monoisotopic (exact) mass is 449 g/mol. The smallest absolute Gasteiger partial charge is 0.274 e. The number of hydrogen-bond acceptors (Lipinski definition) is 6. The number of rotatable bonds is 2. The Bertz CT molecular complexity index is 1150. The first kappa shape index (κ1) is 20.7. The molecule has 0 unspecified atom stereocenters. The van der Waals surface area contributed by atoms with Gasteiger partial charge in [0.1, 0.15) is 5.84 Å². The van der Waals surface area contributed by atoms with E-state index in [0.29, 0.717) is 18.8 Å². The molecule has 32 heavy (non-hydrogen) atoms. The molecule has 5 heterocycles. The molecule has 8 nitrogen and oxygen atoms in total. The van der Waals surface area contributed by atoms with Crippen LogP contribution in [0, 0.1) is 0 Å².